The Bertz CT molecular complexity index is 1540. The summed E-state index contributed by atoms with van der Waals surface area (Å²) in [5.74, 6) is 0.663. The Morgan fingerprint density at radius 1 is 1.11 bits per heavy atom. The van der Waals surface area contributed by atoms with Gasteiger partial charge < -0.3 is 5.11 Å². The molecule has 0 saturated carbocycles. The predicted molar refractivity (Wildman–Crippen MR) is 146 cm³/mol. The Balaban J connectivity index is 1.54. The molecule has 0 bridgehead atoms. The highest BCUT2D eigenvalue weighted by molar-refractivity contribution is 5.70. The Morgan fingerprint density at radius 2 is 1.89 bits per heavy atom. The van der Waals surface area contributed by atoms with Gasteiger partial charge in [0, 0.05) is 12.0 Å². The molecule has 37 heavy (non-hydrogen) atoms. The van der Waals surface area contributed by atoms with Crippen LogP contribution >= 0.6 is 0 Å². The average Bonchev–Trinajstić information content (AvgIpc) is 3.29. The minimum atomic E-state index is -0.480. The highest BCUT2D eigenvalue weighted by Gasteiger charge is 2.22. The van der Waals surface area contributed by atoms with Crippen molar-refractivity contribution in [3.8, 4) is 22.9 Å². The van der Waals surface area contributed by atoms with E-state index >= 15 is 0 Å². The van der Waals surface area contributed by atoms with Gasteiger partial charge in [-0.05, 0) is 78.6 Å². The molecule has 1 atom stereocenters. The maximum Gasteiger partial charge on any atom is 0.261 e. The lowest BCUT2D eigenvalue weighted by Gasteiger charge is -2.17. The molecule has 0 aliphatic heterocycles. The predicted octanol–water partition coefficient (Wildman–Crippen LogP) is 5.99. The maximum atomic E-state index is 14.0. The van der Waals surface area contributed by atoms with Crippen LogP contribution in [0, 0.1) is 18.3 Å². The van der Waals surface area contributed by atoms with Gasteiger partial charge in [0.2, 0.25) is 0 Å². The molecule has 1 unspecified atom stereocenters. The number of hydrogen-bond acceptors (Lipinski definition) is 4. The molecule has 1 heterocycles. The van der Waals surface area contributed by atoms with Crippen LogP contribution in [-0.4, -0.2) is 14.7 Å². The van der Waals surface area contributed by atoms with Gasteiger partial charge in [-0.1, -0.05) is 61.9 Å². The first-order valence-corrected chi connectivity index (χ1v) is 13.0. The van der Waals surface area contributed by atoms with Gasteiger partial charge in [-0.3, -0.25) is 9.36 Å². The van der Waals surface area contributed by atoms with E-state index in [9.17, 15) is 15.2 Å². The molecule has 0 radical (unpaired) electrons. The van der Waals surface area contributed by atoms with E-state index < -0.39 is 6.10 Å². The number of aliphatic hydroxyl groups is 1. The van der Waals surface area contributed by atoms with E-state index in [0.717, 1.165) is 71.3 Å². The highest BCUT2D eigenvalue weighted by atomic mass is 16.3. The number of unbranched alkanes of at least 4 members (excludes halogenated alkanes) is 1. The minimum absolute atomic E-state index is 0.0510. The van der Waals surface area contributed by atoms with Crippen LogP contribution in [0.2, 0.25) is 0 Å². The number of aliphatic hydroxyl groups excluding tert-OH is 1. The van der Waals surface area contributed by atoms with E-state index in [1.54, 1.807) is 4.57 Å². The van der Waals surface area contributed by atoms with Gasteiger partial charge in [0.15, 0.2) is 0 Å². The molecule has 5 rings (SSSR count). The van der Waals surface area contributed by atoms with Crippen LogP contribution in [0.5, 0.6) is 0 Å². The zero-order valence-corrected chi connectivity index (χ0v) is 21.4. The summed E-state index contributed by atoms with van der Waals surface area (Å²) in [4.78, 5) is 18.9. The average molecular weight is 490 g/mol. The lowest BCUT2D eigenvalue weighted by molar-refractivity contribution is 0.180. The molecule has 0 spiro atoms. The molecule has 1 aliphatic carbocycles. The van der Waals surface area contributed by atoms with Crippen LogP contribution in [0.4, 0.5) is 0 Å². The molecular weight excluding hydrogens is 458 g/mol. The van der Waals surface area contributed by atoms with E-state index in [0.29, 0.717) is 23.4 Å². The van der Waals surface area contributed by atoms with Crippen LogP contribution in [0.1, 0.15) is 71.6 Å². The largest absolute Gasteiger partial charge is 0.388 e. The summed E-state index contributed by atoms with van der Waals surface area (Å²) < 4.78 is 1.69. The molecule has 0 fully saturated rings. The third-order valence-electron chi connectivity index (χ3n) is 7.32. The second-order valence-electron chi connectivity index (χ2n) is 9.80. The summed E-state index contributed by atoms with van der Waals surface area (Å²) >= 11 is 0. The Hall–Kier alpha value is -4.01. The van der Waals surface area contributed by atoms with Crippen LogP contribution in [0.15, 0.2) is 71.5 Å². The highest BCUT2D eigenvalue weighted by Crippen LogP contribution is 2.32. The maximum absolute atomic E-state index is 14.0. The van der Waals surface area contributed by atoms with Gasteiger partial charge >= 0.3 is 0 Å². The van der Waals surface area contributed by atoms with Crippen molar-refractivity contribution in [2.24, 2.45) is 0 Å². The first kappa shape index (κ1) is 24.7. The molecule has 186 valence electrons. The number of aryl methyl sites for hydroxylation is 3. The van der Waals surface area contributed by atoms with Crippen molar-refractivity contribution in [3.63, 3.8) is 0 Å². The molecule has 1 N–H and O–H groups in total. The van der Waals surface area contributed by atoms with E-state index in [4.69, 9.17) is 4.98 Å². The van der Waals surface area contributed by atoms with Crippen LogP contribution in [0.3, 0.4) is 0 Å². The second-order valence-corrected chi connectivity index (χ2v) is 9.80. The van der Waals surface area contributed by atoms with Gasteiger partial charge in [-0.25, -0.2) is 4.98 Å². The molecule has 5 nitrogen and oxygen atoms in total. The molecule has 1 aliphatic rings. The van der Waals surface area contributed by atoms with Gasteiger partial charge in [0.1, 0.15) is 5.82 Å². The molecular formula is C32H31N3O2. The summed E-state index contributed by atoms with van der Waals surface area (Å²) in [5, 5.41) is 19.9. The van der Waals surface area contributed by atoms with Crippen molar-refractivity contribution in [3.05, 3.63) is 116 Å². The van der Waals surface area contributed by atoms with Crippen molar-refractivity contribution in [1.29, 1.82) is 5.26 Å². The van der Waals surface area contributed by atoms with Crippen molar-refractivity contribution in [1.82, 2.24) is 9.55 Å². The fourth-order valence-electron chi connectivity index (χ4n) is 5.30. The topological polar surface area (TPSA) is 78.9 Å². The Morgan fingerprint density at radius 3 is 2.65 bits per heavy atom. The standard InChI is InChI=1S/C32H31N3O2/c1-3-4-9-30-29(18-22-10-12-23(13-11-22)27-8-6-5-7-25(27)20-33)32(37)35(21(2)34-30)26-16-14-24-15-17-31(36)28(24)19-26/h5-8,10-14,16,19,31,36H,3-4,9,15,17-18H2,1-2H3. The lowest BCUT2D eigenvalue weighted by Crippen LogP contribution is -2.28. The normalized spacial score (nSPS) is 14.4. The molecule has 3 aromatic carbocycles. The summed E-state index contributed by atoms with van der Waals surface area (Å²) in [6, 6.07) is 23.8. The van der Waals surface area contributed by atoms with E-state index in [1.165, 1.54) is 0 Å². The summed E-state index contributed by atoms with van der Waals surface area (Å²) in [6.07, 6.45) is 4.35. The number of benzene rings is 3. The molecule has 0 amide bonds. The minimum Gasteiger partial charge on any atom is -0.388 e. The van der Waals surface area contributed by atoms with Crippen LogP contribution in [0.25, 0.3) is 16.8 Å². The van der Waals surface area contributed by atoms with Crippen LogP contribution < -0.4 is 5.56 Å². The summed E-state index contributed by atoms with van der Waals surface area (Å²) in [5.41, 5.74) is 7.87. The van der Waals surface area contributed by atoms with Gasteiger partial charge in [-0.15, -0.1) is 0 Å². The first-order chi connectivity index (χ1) is 18.0. The zero-order valence-electron chi connectivity index (χ0n) is 21.4. The summed E-state index contributed by atoms with van der Waals surface area (Å²) in [7, 11) is 0. The molecule has 0 saturated heterocycles. The molecule has 1 aromatic heterocycles. The number of hydrogen-bond donors (Lipinski definition) is 1. The van der Waals surface area contributed by atoms with E-state index in [-0.39, 0.29) is 5.56 Å². The molecule has 5 heteroatoms. The van der Waals surface area contributed by atoms with Crippen molar-refractivity contribution >= 4 is 0 Å². The first-order valence-electron chi connectivity index (χ1n) is 13.0. The fraction of sp³-hybridized carbons (Fsp3) is 0.281. The van der Waals surface area contributed by atoms with E-state index in [2.05, 4.69) is 13.0 Å². The van der Waals surface area contributed by atoms with Crippen molar-refractivity contribution < 1.29 is 5.11 Å². The smallest absolute Gasteiger partial charge is 0.261 e. The van der Waals surface area contributed by atoms with E-state index in [1.807, 2.05) is 73.7 Å². The third kappa shape index (κ3) is 4.85. The Labute approximate surface area is 217 Å². The number of aromatic nitrogens is 2. The zero-order chi connectivity index (χ0) is 25.9. The van der Waals surface area contributed by atoms with Crippen molar-refractivity contribution in [2.45, 2.75) is 58.5 Å². The number of rotatable bonds is 7. The fourth-order valence-corrected chi connectivity index (χ4v) is 5.30. The number of nitrogens with zero attached hydrogens (tertiary/aromatic N) is 3. The monoisotopic (exact) mass is 489 g/mol. The van der Waals surface area contributed by atoms with Crippen molar-refractivity contribution in [2.75, 3.05) is 0 Å². The third-order valence-corrected chi connectivity index (χ3v) is 7.32. The summed E-state index contributed by atoms with van der Waals surface area (Å²) in [6.45, 7) is 4.02. The second kappa shape index (κ2) is 10.5. The number of fused-ring (bicyclic) bond motifs is 1. The lowest BCUT2D eigenvalue weighted by atomic mass is 9.96. The number of nitriles is 1. The van der Waals surface area contributed by atoms with Gasteiger partial charge in [-0.2, -0.15) is 5.26 Å². The van der Waals surface area contributed by atoms with Gasteiger partial charge in [0.05, 0.1) is 29.1 Å². The molecule has 4 aromatic rings. The quantitative estimate of drug-likeness (QED) is 0.346. The van der Waals surface area contributed by atoms with Crippen LogP contribution in [-0.2, 0) is 19.3 Å². The SMILES string of the molecule is CCCCc1nc(C)n(-c2ccc3c(c2)C(O)CC3)c(=O)c1Cc1ccc(-c2ccccc2C#N)cc1. The van der Waals surface area contributed by atoms with Gasteiger partial charge in [0.25, 0.3) is 5.56 Å². The Kier molecular flexibility index (Phi) is 7.03.